The quantitative estimate of drug-likeness (QED) is 0.849. The Kier molecular flexibility index (Phi) is 5.71. The summed E-state index contributed by atoms with van der Waals surface area (Å²) in [4.78, 5) is 12.1. The van der Waals surface area contributed by atoms with E-state index in [-0.39, 0.29) is 5.91 Å². The van der Waals surface area contributed by atoms with Crippen molar-refractivity contribution in [3.63, 3.8) is 0 Å². The summed E-state index contributed by atoms with van der Waals surface area (Å²) in [6.07, 6.45) is 5.82. The van der Waals surface area contributed by atoms with Crippen molar-refractivity contribution in [3.05, 3.63) is 35.4 Å². The molecule has 2 N–H and O–H groups in total. The second-order valence-electron chi connectivity index (χ2n) is 6.20. The second kappa shape index (κ2) is 7.32. The fraction of sp³-hybridized carbons (Fsp3) is 0.588. The first-order valence-corrected chi connectivity index (χ1v) is 8.97. The van der Waals surface area contributed by atoms with Crippen LogP contribution in [0.3, 0.4) is 0 Å². The van der Waals surface area contributed by atoms with E-state index in [9.17, 15) is 9.90 Å². The van der Waals surface area contributed by atoms with E-state index in [4.69, 9.17) is 0 Å². The van der Waals surface area contributed by atoms with Crippen LogP contribution in [0.2, 0.25) is 0 Å². The van der Waals surface area contributed by atoms with Gasteiger partial charge < -0.3 is 10.4 Å². The number of thioether (sulfide) groups is 1. The molecule has 4 heteroatoms. The molecule has 2 atom stereocenters. The van der Waals surface area contributed by atoms with Crippen molar-refractivity contribution >= 4 is 17.7 Å². The van der Waals surface area contributed by atoms with E-state index < -0.39 is 5.60 Å². The summed E-state index contributed by atoms with van der Waals surface area (Å²) in [6, 6.07) is 8.44. The normalized spacial score (nSPS) is 20.4. The summed E-state index contributed by atoms with van der Waals surface area (Å²) in [7, 11) is 0. The molecule has 0 radical (unpaired) electrons. The van der Waals surface area contributed by atoms with Crippen LogP contribution in [0.5, 0.6) is 0 Å². The van der Waals surface area contributed by atoms with Gasteiger partial charge in [0.15, 0.2) is 0 Å². The van der Waals surface area contributed by atoms with Crippen molar-refractivity contribution in [1.29, 1.82) is 0 Å². The monoisotopic (exact) mass is 307 g/mol. The van der Waals surface area contributed by atoms with Crippen LogP contribution in [0.15, 0.2) is 24.3 Å². The first-order chi connectivity index (χ1) is 10.0. The van der Waals surface area contributed by atoms with Crippen LogP contribution >= 0.6 is 11.8 Å². The lowest BCUT2D eigenvalue weighted by Gasteiger charge is -2.26. The molecule has 0 aromatic heterocycles. The highest BCUT2D eigenvalue weighted by molar-refractivity contribution is 7.98. The van der Waals surface area contributed by atoms with Crippen LogP contribution in [0, 0.1) is 0 Å². The van der Waals surface area contributed by atoms with Crippen LogP contribution in [0.1, 0.15) is 43.2 Å². The zero-order chi connectivity index (χ0) is 15.3. The van der Waals surface area contributed by atoms with Gasteiger partial charge in [0.05, 0.1) is 5.60 Å². The van der Waals surface area contributed by atoms with E-state index in [2.05, 4.69) is 29.6 Å². The highest BCUT2D eigenvalue weighted by atomic mass is 32.2. The molecule has 0 spiro atoms. The first kappa shape index (κ1) is 16.4. The minimum Gasteiger partial charge on any atom is -0.387 e. The molecule has 1 aromatic carbocycles. The van der Waals surface area contributed by atoms with Gasteiger partial charge in [0.1, 0.15) is 0 Å². The Morgan fingerprint density at radius 3 is 3.00 bits per heavy atom. The average Bonchev–Trinajstić information content (AvgIpc) is 2.46. The number of fused-ring (bicyclic) bond motifs is 1. The van der Waals surface area contributed by atoms with Crippen molar-refractivity contribution in [3.8, 4) is 0 Å². The van der Waals surface area contributed by atoms with Gasteiger partial charge in [-0.1, -0.05) is 24.3 Å². The SMILES string of the molecule is CSCC(C)(O)CNC(=O)CC1CCCc2ccccc21. The van der Waals surface area contributed by atoms with Gasteiger partial charge in [0.2, 0.25) is 5.91 Å². The third-order valence-corrected chi connectivity index (χ3v) is 4.96. The van der Waals surface area contributed by atoms with Crippen molar-refractivity contribution in [2.24, 2.45) is 0 Å². The van der Waals surface area contributed by atoms with Crippen LogP contribution in [0.4, 0.5) is 0 Å². The minimum absolute atomic E-state index is 0.0399. The second-order valence-corrected chi connectivity index (χ2v) is 7.06. The van der Waals surface area contributed by atoms with E-state index in [1.807, 2.05) is 6.26 Å². The van der Waals surface area contributed by atoms with E-state index in [0.29, 0.717) is 24.6 Å². The molecule has 1 aliphatic rings. The smallest absolute Gasteiger partial charge is 0.220 e. The van der Waals surface area contributed by atoms with Gasteiger partial charge in [-0.25, -0.2) is 0 Å². The Morgan fingerprint density at radius 2 is 2.24 bits per heavy atom. The molecule has 21 heavy (non-hydrogen) atoms. The van der Waals surface area contributed by atoms with Crippen molar-refractivity contribution in [1.82, 2.24) is 5.32 Å². The Bertz CT molecular complexity index is 487. The number of rotatable bonds is 6. The lowest BCUT2D eigenvalue weighted by atomic mass is 9.81. The molecule has 2 unspecified atom stereocenters. The van der Waals surface area contributed by atoms with Crippen LogP contribution in [0.25, 0.3) is 0 Å². The Morgan fingerprint density at radius 1 is 1.48 bits per heavy atom. The van der Waals surface area contributed by atoms with Crippen molar-refractivity contribution in [2.45, 2.75) is 44.1 Å². The van der Waals surface area contributed by atoms with Crippen molar-refractivity contribution in [2.75, 3.05) is 18.6 Å². The maximum atomic E-state index is 12.1. The molecule has 1 aromatic rings. The molecule has 116 valence electrons. The molecule has 0 fully saturated rings. The number of hydrogen-bond donors (Lipinski definition) is 2. The topological polar surface area (TPSA) is 49.3 Å². The maximum absolute atomic E-state index is 12.1. The van der Waals surface area contributed by atoms with Crippen molar-refractivity contribution < 1.29 is 9.90 Å². The largest absolute Gasteiger partial charge is 0.387 e. The van der Waals surface area contributed by atoms with Crippen LogP contribution < -0.4 is 5.32 Å². The fourth-order valence-electron chi connectivity index (χ4n) is 3.01. The van der Waals surface area contributed by atoms with Gasteiger partial charge in [-0.05, 0) is 49.5 Å². The number of hydrogen-bond acceptors (Lipinski definition) is 3. The Hall–Kier alpha value is -1.00. The zero-order valence-electron chi connectivity index (χ0n) is 12.9. The molecule has 0 aliphatic heterocycles. The summed E-state index contributed by atoms with van der Waals surface area (Å²) in [5.41, 5.74) is 1.88. The number of nitrogens with one attached hydrogen (secondary N) is 1. The lowest BCUT2D eigenvalue weighted by Crippen LogP contribution is -2.42. The molecule has 0 bridgehead atoms. The van der Waals surface area contributed by atoms with E-state index in [1.54, 1.807) is 18.7 Å². The van der Waals surface area contributed by atoms with E-state index in [1.165, 1.54) is 11.1 Å². The average molecular weight is 307 g/mol. The van der Waals surface area contributed by atoms with Gasteiger partial charge >= 0.3 is 0 Å². The Balaban J connectivity index is 1.89. The predicted molar refractivity (Wildman–Crippen MR) is 88.8 cm³/mol. The molecular weight excluding hydrogens is 282 g/mol. The summed E-state index contributed by atoms with van der Waals surface area (Å²) < 4.78 is 0. The first-order valence-electron chi connectivity index (χ1n) is 7.57. The summed E-state index contributed by atoms with van der Waals surface area (Å²) in [6.45, 7) is 2.08. The molecule has 0 saturated carbocycles. The number of aliphatic hydroxyl groups is 1. The molecule has 0 heterocycles. The standard InChI is InChI=1S/C17H25NO2S/c1-17(20,12-21-2)11-18-16(19)10-14-8-5-7-13-6-3-4-9-15(13)14/h3-4,6,9,14,20H,5,7-8,10-12H2,1-2H3,(H,18,19). The fourth-order valence-corrected chi connectivity index (χ4v) is 3.74. The number of carbonyl (C=O) groups excluding carboxylic acids is 1. The van der Waals surface area contributed by atoms with Crippen LogP contribution in [-0.2, 0) is 11.2 Å². The third-order valence-electron chi connectivity index (χ3n) is 4.05. The minimum atomic E-state index is -0.834. The maximum Gasteiger partial charge on any atom is 0.220 e. The Labute approximate surface area is 131 Å². The summed E-state index contributed by atoms with van der Waals surface area (Å²) in [5, 5.41) is 13.0. The predicted octanol–water partition coefficient (Wildman–Crippen LogP) is 2.73. The van der Waals surface area contributed by atoms with Gasteiger partial charge in [-0.2, -0.15) is 11.8 Å². The highest BCUT2D eigenvalue weighted by Crippen LogP contribution is 2.33. The van der Waals surface area contributed by atoms with E-state index in [0.717, 1.165) is 19.3 Å². The van der Waals surface area contributed by atoms with Gasteiger partial charge in [0, 0.05) is 18.7 Å². The number of benzene rings is 1. The van der Waals surface area contributed by atoms with Gasteiger partial charge in [-0.3, -0.25) is 4.79 Å². The third kappa shape index (κ3) is 4.75. The molecular formula is C17H25NO2S. The summed E-state index contributed by atoms with van der Waals surface area (Å²) >= 11 is 1.59. The zero-order valence-corrected chi connectivity index (χ0v) is 13.7. The molecule has 2 rings (SSSR count). The highest BCUT2D eigenvalue weighted by Gasteiger charge is 2.24. The van der Waals surface area contributed by atoms with Gasteiger partial charge in [0.25, 0.3) is 0 Å². The van der Waals surface area contributed by atoms with Gasteiger partial charge in [-0.15, -0.1) is 0 Å². The number of carbonyl (C=O) groups is 1. The molecule has 3 nitrogen and oxygen atoms in total. The lowest BCUT2D eigenvalue weighted by molar-refractivity contribution is -0.122. The molecule has 0 saturated heterocycles. The number of aryl methyl sites for hydroxylation is 1. The summed E-state index contributed by atoms with van der Waals surface area (Å²) in [5.74, 6) is 0.984. The van der Waals surface area contributed by atoms with Crippen LogP contribution in [-0.4, -0.2) is 35.2 Å². The molecule has 1 aliphatic carbocycles. The number of amides is 1. The van der Waals surface area contributed by atoms with E-state index >= 15 is 0 Å². The molecule has 1 amide bonds.